The van der Waals surface area contributed by atoms with Crippen LogP contribution >= 0.6 is 11.6 Å². The fourth-order valence-electron chi connectivity index (χ4n) is 1.55. The van der Waals surface area contributed by atoms with Gasteiger partial charge in [0.1, 0.15) is 11.6 Å². The van der Waals surface area contributed by atoms with E-state index in [1.54, 1.807) is 0 Å². The predicted molar refractivity (Wildman–Crippen MR) is 74.7 cm³/mol. The molecule has 0 bridgehead atoms. The van der Waals surface area contributed by atoms with Crippen molar-refractivity contribution in [3.05, 3.63) is 47.1 Å². The number of nitrogen functional groups attached to an aromatic ring is 1. The average molecular weight is 314 g/mol. The van der Waals surface area contributed by atoms with Crippen molar-refractivity contribution in [1.29, 1.82) is 0 Å². The standard InChI is InChI=1S/C13H10ClF2N3O2/c14-10-6-18-11(17)5-9(10)12(20)19-7-1-3-8(4-2-7)21-13(15)16/h1-6,13H,(H2,17,18)(H,19,20). The molecule has 1 amide bonds. The summed E-state index contributed by atoms with van der Waals surface area (Å²) in [4.78, 5) is 15.8. The highest BCUT2D eigenvalue weighted by Gasteiger charge is 2.12. The molecule has 21 heavy (non-hydrogen) atoms. The predicted octanol–water partition coefficient (Wildman–Crippen LogP) is 3.17. The van der Waals surface area contributed by atoms with Crippen molar-refractivity contribution in [2.45, 2.75) is 6.61 Å². The molecule has 0 saturated carbocycles. The molecule has 1 aromatic carbocycles. The van der Waals surface area contributed by atoms with Gasteiger partial charge in [0, 0.05) is 11.9 Å². The molecule has 2 aromatic rings. The summed E-state index contributed by atoms with van der Waals surface area (Å²) in [7, 11) is 0. The maximum Gasteiger partial charge on any atom is 0.387 e. The first-order valence-electron chi connectivity index (χ1n) is 5.73. The molecule has 1 aromatic heterocycles. The van der Waals surface area contributed by atoms with Gasteiger partial charge in [0.25, 0.3) is 5.91 Å². The van der Waals surface area contributed by atoms with Crippen LogP contribution in [0.4, 0.5) is 20.3 Å². The van der Waals surface area contributed by atoms with Crippen molar-refractivity contribution in [3.63, 3.8) is 0 Å². The lowest BCUT2D eigenvalue weighted by Gasteiger charge is -2.08. The normalized spacial score (nSPS) is 10.5. The van der Waals surface area contributed by atoms with Gasteiger partial charge in [0.2, 0.25) is 0 Å². The van der Waals surface area contributed by atoms with Gasteiger partial charge >= 0.3 is 6.61 Å². The summed E-state index contributed by atoms with van der Waals surface area (Å²) in [6, 6.07) is 6.81. The second-order valence-electron chi connectivity index (χ2n) is 3.95. The number of alkyl halides is 2. The summed E-state index contributed by atoms with van der Waals surface area (Å²) in [5.74, 6) is -0.337. The van der Waals surface area contributed by atoms with Crippen LogP contribution in [0.5, 0.6) is 5.75 Å². The Labute approximate surface area is 123 Å². The number of ether oxygens (including phenoxy) is 1. The fourth-order valence-corrected chi connectivity index (χ4v) is 1.74. The smallest absolute Gasteiger partial charge is 0.387 e. The number of halogens is 3. The molecule has 0 aliphatic carbocycles. The largest absolute Gasteiger partial charge is 0.435 e. The maximum absolute atomic E-state index is 12.0. The van der Waals surface area contributed by atoms with Crippen molar-refractivity contribution in [2.75, 3.05) is 11.1 Å². The number of anilines is 2. The number of carbonyl (C=O) groups excluding carboxylic acids is 1. The Hall–Kier alpha value is -2.41. The number of nitrogens with zero attached hydrogens (tertiary/aromatic N) is 1. The third-order valence-electron chi connectivity index (χ3n) is 2.46. The number of carbonyl (C=O) groups is 1. The zero-order chi connectivity index (χ0) is 15.4. The Kier molecular flexibility index (Phi) is 4.54. The van der Waals surface area contributed by atoms with E-state index >= 15 is 0 Å². The van der Waals surface area contributed by atoms with E-state index in [1.807, 2.05) is 0 Å². The van der Waals surface area contributed by atoms with E-state index in [4.69, 9.17) is 17.3 Å². The number of pyridine rings is 1. The minimum absolute atomic E-state index is 0.00538. The first-order valence-corrected chi connectivity index (χ1v) is 6.11. The molecule has 0 unspecified atom stereocenters. The minimum Gasteiger partial charge on any atom is -0.435 e. The molecule has 0 spiro atoms. The molecule has 0 radical (unpaired) electrons. The average Bonchev–Trinajstić information content (AvgIpc) is 2.43. The van der Waals surface area contributed by atoms with Crippen LogP contribution in [0.1, 0.15) is 10.4 Å². The van der Waals surface area contributed by atoms with Crippen molar-refractivity contribution in [3.8, 4) is 5.75 Å². The number of rotatable bonds is 4. The van der Waals surface area contributed by atoms with E-state index < -0.39 is 12.5 Å². The Bertz CT molecular complexity index is 650. The van der Waals surface area contributed by atoms with Crippen LogP contribution < -0.4 is 15.8 Å². The lowest BCUT2D eigenvalue weighted by molar-refractivity contribution is -0.0498. The van der Waals surface area contributed by atoms with E-state index in [9.17, 15) is 13.6 Å². The number of aromatic nitrogens is 1. The number of nitrogens with two attached hydrogens (primary N) is 1. The molecule has 0 aliphatic heterocycles. The summed E-state index contributed by atoms with van der Waals surface area (Å²) in [6.45, 7) is -2.90. The molecule has 0 aliphatic rings. The summed E-state index contributed by atoms with van der Waals surface area (Å²) in [5, 5.41) is 2.71. The molecule has 1 heterocycles. The van der Waals surface area contributed by atoms with E-state index in [-0.39, 0.29) is 22.2 Å². The van der Waals surface area contributed by atoms with Crippen LogP contribution in [0.2, 0.25) is 5.02 Å². The number of benzene rings is 1. The van der Waals surface area contributed by atoms with Gasteiger partial charge in [0.15, 0.2) is 0 Å². The molecule has 8 heteroatoms. The van der Waals surface area contributed by atoms with Crippen LogP contribution in [0.25, 0.3) is 0 Å². The minimum atomic E-state index is -2.90. The molecule has 2 rings (SSSR count). The number of amides is 1. The van der Waals surface area contributed by atoms with Crippen molar-refractivity contribution in [2.24, 2.45) is 0 Å². The van der Waals surface area contributed by atoms with Gasteiger partial charge in [-0.25, -0.2) is 4.98 Å². The molecule has 0 fully saturated rings. The Morgan fingerprint density at radius 2 is 2.00 bits per heavy atom. The summed E-state index contributed by atoms with van der Waals surface area (Å²) < 4.78 is 28.2. The zero-order valence-corrected chi connectivity index (χ0v) is 11.3. The Balaban J connectivity index is 2.10. The van der Waals surface area contributed by atoms with E-state index in [2.05, 4.69) is 15.0 Å². The van der Waals surface area contributed by atoms with Crippen molar-refractivity contribution in [1.82, 2.24) is 4.98 Å². The number of hydrogen-bond acceptors (Lipinski definition) is 4. The molecule has 0 saturated heterocycles. The molecule has 3 N–H and O–H groups in total. The van der Waals surface area contributed by atoms with E-state index in [1.165, 1.54) is 36.5 Å². The zero-order valence-electron chi connectivity index (χ0n) is 10.5. The van der Waals surface area contributed by atoms with Gasteiger partial charge in [-0.15, -0.1) is 0 Å². The van der Waals surface area contributed by atoms with Gasteiger partial charge in [0.05, 0.1) is 10.6 Å². The van der Waals surface area contributed by atoms with Crippen molar-refractivity contribution < 1.29 is 18.3 Å². The first kappa shape index (κ1) is 15.0. The third kappa shape index (κ3) is 4.03. The number of hydrogen-bond donors (Lipinski definition) is 2. The SMILES string of the molecule is Nc1cc(C(=O)Nc2ccc(OC(F)F)cc2)c(Cl)cn1. The monoisotopic (exact) mass is 313 g/mol. The molecule has 0 atom stereocenters. The Morgan fingerprint density at radius 1 is 1.33 bits per heavy atom. The highest BCUT2D eigenvalue weighted by Crippen LogP contribution is 2.21. The van der Waals surface area contributed by atoms with Crippen LogP contribution in [-0.2, 0) is 0 Å². The molecular formula is C13H10ClF2N3O2. The van der Waals surface area contributed by atoms with Gasteiger partial charge in [-0.1, -0.05) is 11.6 Å². The topological polar surface area (TPSA) is 77.2 Å². The van der Waals surface area contributed by atoms with Crippen LogP contribution in [0.15, 0.2) is 36.5 Å². The van der Waals surface area contributed by atoms with E-state index in [0.29, 0.717) is 5.69 Å². The van der Waals surface area contributed by atoms with Gasteiger partial charge < -0.3 is 15.8 Å². The summed E-state index contributed by atoms with van der Waals surface area (Å²) in [5.41, 5.74) is 6.05. The molecular weight excluding hydrogens is 304 g/mol. The second kappa shape index (κ2) is 6.36. The first-order chi connectivity index (χ1) is 9.95. The quantitative estimate of drug-likeness (QED) is 0.909. The van der Waals surface area contributed by atoms with Crippen LogP contribution in [0, 0.1) is 0 Å². The molecule has 5 nitrogen and oxygen atoms in total. The van der Waals surface area contributed by atoms with Gasteiger partial charge in [-0.2, -0.15) is 8.78 Å². The highest BCUT2D eigenvalue weighted by molar-refractivity contribution is 6.34. The third-order valence-corrected chi connectivity index (χ3v) is 2.76. The van der Waals surface area contributed by atoms with Gasteiger partial charge in [-0.05, 0) is 30.3 Å². The lowest BCUT2D eigenvalue weighted by Crippen LogP contribution is -2.13. The van der Waals surface area contributed by atoms with Gasteiger partial charge in [-0.3, -0.25) is 4.79 Å². The van der Waals surface area contributed by atoms with Crippen LogP contribution in [0.3, 0.4) is 0 Å². The number of nitrogens with one attached hydrogen (secondary N) is 1. The maximum atomic E-state index is 12.0. The highest BCUT2D eigenvalue weighted by atomic mass is 35.5. The Morgan fingerprint density at radius 3 is 2.62 bits per heavy atom. The molecule has 110 valence electrons. The fraction of sp³-hybridized carbons (Fsp3) is 0.0769. The van der Waals surface area contributed by atoms with Crippen LogP contribution in [-0.4, -0.2) is 17.5 Å². The summed E-state index contributed by atoms with van der Waals surface area (Å²) >= 11 is 5.86. The second-order valence-corrected chi connectivity index (χ2v) is 4.35. The van der Waals surface area contributed by atoms with E-state index in [0.717, 1.165) is 0 Å². The summed E-state index contributed by atoms with van der Waals surface area (Å²) in [6.07, 6.45) is 1.27. The van der Waals surface area contributed by atoms with Crippen molar-refractivity contribution >= 4 is 29.0 Å². The lowest BCUT2D eigenvalue weighted by atomic mass is 10.2.